The average Bonchev–Trinajstić information content (AvgIpc) is 2.80. The van der Waals surface area contributed by atoms with Gasteiger partial charge in [0.1, 0.15) is 11.9 Å². The lowest BCUT2D eigenvalue weighted by molar-refractivity contribution is 0.246. The first-order valence-corrected chi connectivity index (χ1v) is 5.85. The molecule has 5 nitrogen and oxygen atoms in total. The van der Waals surface area contributed by atoms with Crippen LogP contribution in [0.2, 0.25) is 0 Å². The Morgan fingerprint density at radius 2 is 2.33 bits per heavy atom. The second-order valence-corrected chi connectivity index (χ2v) is 4.20. The van der Waals surface area contributed by atoms with Crippen molar-refractivity contribution in [3.8, 4) is 5.75 Å². The van der Waals surface area contributed by atoms with E-state index < -0.39 is 0 Å². The van der Waals surface area contributed by atoms with E-state index in [4.69, 9.17) is 4.74 Å². The maximum atomic E-state index is 11.4. The van der Waals surface area contributed by atoms with Crippen molar-refractivity contribution in [2.75, 3.05) is 11.9 Å². The van der Waals surface area contributed by atoms with Crippen molar-refractivity contribution in [2.45, 2.75) is 12.5 Å². The Hall–Kier alpha value is -2.30. The largest absolute Gasteiger partial charge is 0.488 e. The van der Waals surface area contributed by atoms with Gasteiger partial charge in [-0.3, -0.25) is 4.79 Å². The molecule has 5 heteroatoms. The maximum absolute atomic E-state index is 11.4. The highest BCUT2D eigenvalue weighted by Gasteiger charge is 2.22. The molecule has 1 aromatic carbocycles. The molecule has 3 rings (SSSR count). The number of benzene rings is 1. The van der Waals surface area contributed by atoms with Gasteiger partial charge >= 0.3 is 0 Å². The first kappa shape index (κ1) is 10.8. The zero-order chi connectivity index (χ0) is 12.4. The quantitative estimate of drug-likeness (QED) is 0.849. The monoisotopic (exact) mass is 243 g/mol. The number of rotatable bonds is 3. The highest BCUT2D eigenvalue weighted by atomic mass is 16.5. The Morgan fingerprint density at radius 3 is 3.17 bits per heavy atom. The number of hydrogen-bond donors (Lipinski definition) is 2. The van der Waals surface area contributed by atoms with E-state index in [1.165, 1.54) is 11.8 Å². The molecule has 2 aromatic rings. The van der Waals surface area contributed by atoms with Crippen LogP contribution in [0.3, 0.4) is 0 Å². The van der Waals surface area contributed by atoms with Gasteiger partial charge in [-0.1, -0.05) is 18.2 Å². The smallest absolute Gasteiger partial charge is 0.290 e. The second kappa shape index (κ2) is 4.52. The standard InChI is InChI=1S/C13H13N3O2/c17-13-12(14-5-6-15-13)16-8-10-7-9-3-1-2-4-11(9)18-10/h1-6,10H,7-8H2,(H,14,16)(H,15,17). The minimum absolute atomic E-state index is 0.0452. The third-order valence-electron chi connectivity index (χ3n) is 2.92. The van der Waals surface area contributed by atoms with Crippen molar-refractivity contribution in [1.29, 1.82) is 0 Å². The molecular weight excluding hydrogens is 230 g/mol. The van der Waals surface area contributed by atoms with E-state index in [1.54, 1.807) is 6.20 Å². The van der Waals surface area contributed by atoms with Crippen molar-refractivity contribution in [2.24, 2.45) is 0 Å². The molecule has 0 radical (unpaired) electrons. The van der Waals surface area contributed by atoms with E-state index in [-0.39, 0.29) is 11.7 Å². The van der Waals surface area contributed by atoms with Gasteiger partial charge in [0.25, 0.3) is 5.56 Å². The van der Waals surface area contributed by atoms with Crippen LogP contribution < -0.4 is 15.6 Å². The molecule has 1 unspecified atom stereocenters. The Labute approximate surface area is 104 Å². The van der Waals surface area contributed by atoms with Gasteiger partial charge in [-0.05, 0) is 11.6 Å². The van der Waals surface area contributed by atoms with Crippen molar-refractivity contribution in [3.63, 3.8) is 0 Å². The third-order valence-corrected chi connectivity index (χ3v) is 2.92. The highest BCUT2D eigenvalue weighted by molar-refractivity contribution is 5.38. The second-order valence-electron chi connectivity index (χ2n) is 4.20. The molecule has 0 amide bonds. The molecule has 1 aliphatic heterocycles. The summed E-state index contributed by atoms with van der Waals surface area (Å²) in [4.78, 5) is 18.0. The van der Waals surface area contributed by atoms with Crippen LogP contribution in [0.25, 0.3) is 0 Å². The normalized spacial score (nSPS) is 17.0. The number of H-pyrrole nitrogens is 1. The summed E-state index contributed by atoms with van der Waals surface area (Å²) in [7, 11) is 0. The van der Waals surface area contributed by atoms with Crippen LogP contribution in [0, 0.1) is 0 Å². The number of hydrogen-bond acceptors (Lipinski definition) is 4. The molecule has 1 aliphatic rings. The number of para-hydroxylation sites is 1. The lowest BCUT2D eigenvalue weighted by Crippen LogP contribution is -2.27. The lowest BCUT2D eigenvalue weighted by Gasteiger charge is -2.11. The fourth-order valence-electron chi connectivity index (χ4n) is 2.06. The summed E-state index contributed by atoms with van der Waals surface area (Å²) in [5, 5.41) is 3.01. The Morgan fingerprint density at radius 1 is 1.44 bits per heavy atom. The van der Waals surface area contributed by atoms with Crippen LogP contribution in [-0.2, 0) is 6.42 Å². The van der Waals surface area contributed by atoms with Crippen molar-refractivity contribution in [1.82, 2.24) is 9.97 Å². The summed E-state index contributed by atoms with van der Waals surface area (Å²) in [6.07, 6.45) is 3.96. The fraction of sp³-hybridized carbons (Fsp3) is 0.231. The predicted molar refractivity (Wildman–Crippen MR) is 67.9 cm³/mol. The van der Waals surface area contributed by atoms with Crippen LogP contribution in [0.15, 0.2) is 41.5 Å². The molecule has 0 bridgehead atoms. The molecule has 0 saturated heterocycles. The number of ether oxygens (including phenoxy) is 1. The maximum Gasteiger partial charge on any atom is 0.290 e. The predicted octanol–water partition coefficient (Wildman–Crippen LogP) is 1.19. The van der Waals surface area contributed by atoms with E-state index >= 15 is 0 Å². The van der Waals surface area contributed by atoms with Crippen molar-refractivity contribution in [3.05, 3.63) is 52.6 Å². The molecule has 0 aliphatic carbocycles. The van der Waals surface area contributed by atoms with E-state index in [9.17, 15) is 4.79 Å². The lowest BCUT2D eigenvalue weighted by atomic mass is 10.1. The van der Waals surface area contributed by atoms with Gasteiger partial charge in [0.2, 0.25) is 0 Å². The van der Waals surface area contributed by atoms with E-state index in [0.29, 0.717) is 12.4 Å². The number of aromatic nitrogens is 2. The van der Waals surface area contributed by atoms with Gasteiger partial charge in [0, 0.05) is 18.8 Å². The van der Waals surface area contributed by atoms with Gasteiger partial charge in [0.15, 0.2) is 5.82 Å². The molecular formula is C13H13N3O2. The Balaban J connectivity index is 1.64. The van der Waals surface area contributed by atoms with Gasteiger partial charge < -0.3 is 15.0 Å². The number of aromatic amines is 1. The highest BCUT2D eigenvalue weighted by Crippen LogP contribution is 2.27. The SMILES string of the molecule is O=c1[nH]ccnc1NCC1Cc2ccccc2O1. The van der Waals surface area contributed by atoms with Crippen LogP contribution in [-0.4, -0.2) is 22.6 Å². The zero-order valence-corrected chi connectivity index (χ0v) is 9.72. The zero-order valence-electron chi connectivity index (χ0n) is 9.72. The molecule has 0 fully saturated rings. The minimum Gasteiger partial charge on any atom is -0.488 e. The number of nitrogens with one attached hydrogen (secondary N) is 2. The summed E-state index contributed by atoms with van der Waals surface area (Å²) >= 11 is 0. The Bertz CT molecular complexity index is 584. The van der Waals surface area contributed by atoms with Crippen LogP contribution >= 0.6 is 0 Å². The Kier molecular flexibility index (Phi) is 2.72. The van der Waals surface area contributed by atoms with E-state index in [2.05, 4.69) is 21.4 Å². The van der Waals surface area contributed by atoms with Gasteiger partial charge in [-0.2, -0.15) is 0 Å². The van der Waals surface area contributed by atoms with E-state index in [0.717, 1.165) is 12.2 Å². The topological polar surface area (TPSA) is 67.0 Å². The van der Waals surface area contributed by atoms with Gasteiger partial charge in [-0.15, -0.1) is 0 Å². The summed E-state index contributed by atoms with van der Waals surface area (Å²) in [5.74, 6) is 1.26. The van der Waals surface area contributed by atoms with Crippen LogP contribution in [0.5, 0.6) is 5.75 Å². The third kappa shape index (κ3) is 2.07. The molecule has 0 spiro atoms. The number of anilines is 1. The molecule has 18 heavy (non-hydrogen) atoms. The first-order chi connectivity index (χ1) is 8.83. The molecule has 1 atom stereocenters. The van der Waals surface area contributed by atoms with Gasteiger partial charge in [-0.25, -0.2) is 4.98 Å². The molecule has 1 aromatic heterocycles. The number of fused-ring (bicyclic) bond motifs is 1. The average molecular weight is 243 g/mol. The van der Waals surface area contributed by atoms with Gasteiger partial charge in [0.05, 0.1) is 6.54 Å². The summed E-state index contributed by atoms with van der Waals surface area (Å²) in [5.41, 5.74) is 0.993. The molecule has 2 heterocycles. The first-order valence-electron chi connectivity index (χ1n) is 5.85. The van der Waals surface area contributed by atoms with Crippen LogP contribution in [0.1, 0.15) is 5.56 Å². The fourth-order valence-corrected chi connectivity index (χ4v) is 2.06. The molecule has 2 N–H and O–H groups in total. The number of nitrogens with zero attached hydrogens (tertiary/aromatic N) is 1. The minimum atomic E-state index is -0.215. The summed E-state index contributed by atoms with van der Waals surface area (Å²) < 4.78 is 5.77. The summed E-state index contributed by atoms with van der Waals surface area (Å²) in [6, 6.07) is 7.98. The molecule has 92 valence electrons. The summed E-state index contributed by atoms with van der Waals surface area (Å²) in [6.45, 7) is 0.564. The van der Waals surface area contributed by atoms with Crippen molar-refractivity contribution < 1.29 is 4.74 Å². The van der Waals surface area contributed by atoms with Crippen molar-refractivity contribution >= 4 is 5.82 Å². The molecule has 0 saturated carbocycles. The van der Waals surface area contributed by atoms with Crippen LogP contribution in [0.4, 0.5) is 5.82 Å². The van der Waals surface area contributed by atoms with E-state index in [1.807, 2.05) is 18.2 Å².